The first-order valence-electron chi connectivity index (χ1n) is 8.09. The van der Waals surface area contributed by atoms with Crippen molar-refractivity contribution in [2.24, 2.45) is 0 Å². The van der Waals surface area contributed by atoms with Crippen LogP contribution in [0.4, 0.5) is 8.78 Å². The first-order valence-corrected chi connectivity index (χ1v) is 8.09. The van der Waals surface area contributed by atoms with Gasteiger partial charge in [-0.05, 0) is 29.8 Å². The molecule has 0 N–H and O–H groups in total. The molecule has 0 spiro atoms. The second kappa shape index (κ2) is 7.86. The van der Waals surface area contributed by atoms with Gasteiger partial charge in [-0.2, -0.15) is 4.98 Å². The summed E-state index contributed by atoms with van der Waals surface area (Å²) in [7, 11) is 1.67. The Morgan fingerprint density at radius 2 is 1.85 bits per heavy atom. The predicted molar refractivity (Wildman–Crippen MR) is 91.1 cm³/mol. The van der Waals surface area contributed by atoms with Gasteiger partial charge in [-0.3, -0.25) is 4.79 Å². The van der Waals surface area contributed by atoms with Crippen molar-refractivity contribution in [1.29, 1.82) is 0 Å². The molecule has 3 rings (SSSR count). The van der Waals surface area contributed by atoms with E-state index >= 15 is 0 Å². The second-order valence-electron chi connectivity index (χ2n) is 5.86. The van der Waals surface area contributed by atoms with E-state index in [-0.39, 0.29) is 29.6 Å². The van der Waals surface area contributed by atoms with Crippen LogP contribution in [-0.2, 0) is 17.6 Å². The molecule has 5 nitrogen and oxygen atoms in total. The third-order valence-corrected chi connectivity index (χ3v) is 3.94. The normalized spacial score (nSPS) is 10.7. The molecule has 0 aliphatic carbocycles. The molecule has 1 heterocycles. The van der Waals surface area contributed by atoms with Gasteiger partial charge in [0.15, 0.2) is 5.82 Å². The van der Waals surface area contributed by atoms with Crippen LogP contribution in [-0.4, -0.2) is 34.5 Å². The number of rotatable bonds is 6. The first-order chi connectivity index (χ1) is 12.5. The highest BCUT2D eigenvalue weighted by atomic mass is 19.1. The molecule has 0 saturated carbocycles. The summed E-state index contributed by atoms with van der Waals surface area (Å²) in [6.07, 6.45) is 0.563. The molecule has 0 bridgehead atoms. The van der Waals surface area contributed by atoms with Crippen LogP contribution >= 0.6 is 0 Å². The number of nitrogens with zero attached hydrogens (tertiary/aromatic N) is 3. The van der Waals surface area contributed by atoms with Gasteiger partial charge in [-0.1, -0.05) is 29.4 Å². The molecule has 3 aromatic rings. The van der Waals surface area contributed by atoms with Crippen molar-refractivity contribution < 1.29 is 18.1 Å². The number of benzene rings is 2. The Kier molecular flexibility index (Phi) is 5.36. The molecule has 0 unspecified atom stereocenters. The second-order valence-corrected chi connectivity index (χ2v) is 5.86. The third kappa shape index (κ3) is 4.30. The van der Waals surface area contributed by atoms with Crippen LogP contribution in [0.1, 0.15) is 11.4 Å². The molecule has 0 aliphatic rings. The van der Waals surface area contributed by atoms with E-state index in [4.69, 9.17) is 4.52 Å². The molecule has 134 valence electrons. The van der Waals surface area contributed by atoms with Crippen molar-refractivity contribution in [3.8, 4) is 11.5 Å². The van der Waals surface area contributed by atoms with E-state index in [1.165, 1.54) is 18.2 Å². The first kappa shape index (κ1) is 17.7. The number of carbonyl (C=O) groups excluding carboxylic acids is 1. The smallest absolute Gasteiger partial charge is 0.260 e. The van der Waals surface area contributed by atoms with Crippen molar-refractivity contribution in [3.63, 3.8) is 0 Å². The number of amides is 1. The van der Waals surface area contributed by atoms with Gasteiger partial charge in [-0.25, -0.2) is 8.78 Å². The van der Waals surface area contributed by atoms with E-state index in [1.54, 1.807) is 42.3 Å². The molecule has 0 radical (unpaired) electrons. The fraction of sp³-hybridized carbons (Fsp3) is 0.211. The number of hydrogen-bond acceptors (Lipinski definition) is 4. The maximum Gasteiger partial charge on any atom is 0.260 e. The van der Waals surface area contributed by atoms with Crippen LogP contribution in [0.15, 0.2) is 53.1 Å². The quantitative estimate of drug-likeness (QED) is 0.679. The predicted octanol–water partition coefficient (Wildman–Crippen LogP) is 3.26. The molecule has 2 aromatic carbocycles. The lowest BCUT2D eigenvalue weighted by Gasteiger charge is -2.16. The van der Waals surface area contributed by atoms with Crippen LogP contribution in [0, 0.1) is 11.6 Å². The minimum atomic E-state index is -0.436. The van der Waals surface area contributed by atoms with Crippen LogP contribution < -0.4 is 0 Å². The van der Waals surface area contributed by atoms with Gasteiger partial charge < -0.3 is 9.42 Å². The molecular weight excluding hydrogens is 340 g/mol. The van der Waals surface area contributed by atoms with Crippen LogP contribution in [0.5, 0.6) is 0 Å². The van der Waals surface area contributed by atoms with Gasteiger partial charge >= 0.3 is 0 Å². The average molecular weight is 357 g/mol. The van der Waals surface area contributed by atoms with E-state index in [0.717, 1.165) is 5.56 Å². The minimum Gasteiger partial charge on any atom is -0.345 e. The summed E-state index contributed by atoms with van der Waals surface area (Å²) in [5.41, 5.74) is 0.983. The van der Waals surface area contributed by atoms with Crippen molar-refractivity contribution in [2.45, 2.75) is 12.8 Å². The van der Waals surface area contributed by atoms with E-state index in [9.17, 15) is 13.6 Å². The number of hydrogen-bond donors (Lipinski definition) is 0. The van der Waals surface area contributed by atoms with Crippen molar-refractivity contribution in [3.05, 3.63) is 71.6 Å². The molecule has 7 heteroatoms. The summed E-state index contributed by atoms with van der Waals surface area (Å²) < 4.78 is 31.7. The highest BCUT2D eigenvalue weighted by Gasteiger charge is 2.15. The van der Waals surface area contributed by atoms with Gasteiger partial charge in [0.1, 0.15) is 11.6 Å². The summed E-state index contributed by atoms with van der Waals surface area (Å²) in [5.74, 6) is -0.371. The van der Waals surface area contributed by atoms with Crippen molar-refractivity contribution in [1.82, 2.24) is 15.0 Å². The summed E-state index contributed by atoms with van der Waals surface area (Å²) >= 11 is 0. The summed E-state index contributed by atoms with van der Waals surface area (Å²) in [4.78, 5) is 17.9. The van der Waals surface area contributed by atoms with E-state index in [2.05, 4.69) is 10.1 Å². The lowest BCUT2D eigenvalue weighted by atomic mass is 10.1. The zero-order valence-corrected chi connectivity index (χ0v) is 14.2. The Bertz CT molecular complexity index is 894. The molecule has 1 amide bonds. The monoisotopic (exact) mass is 357 g/mol. The number of halogens is 2. The number of aromatic nitrogens is 2. The highest BCUT2D eigenvalue weighted by Crippen LogP contribution is 2.20. The lowest BCUT2D eigenvalue weighted by Crippen LogP contribution is -2.30. The molecule has 26 heavy (non-hydrogen) atoms. The van der Waals surface area contributed by atoms with Crippen LogP contribution in [0.25, 0.3) is 11.5 Å². The molecule has 0 saturated heterocycles. The molecule has 0 fully saturated rings. The van der Waals surface area contributed by atoms with Gasteiger partial charge in [-0.15, -0.1) is 0 Å². The van der Waals surface area contributed by atoms with E-state index < -0.39 is 5.82 Å². The molecule has 0 atom stereocenters. The lowest BCUT2D eigenvalue weighted by molar-refractivity contribution is -0.129. The molecular formula is C19H17F2N3O2. The summed E-state index contributed by atoms with van der Waals surface area (Å²) in [6.45, 7) is 0.385. The average Bonchev–Trinajstić information content (AvgIpc) is 3.10. The van der Waals surface area contributed by atoms with E-state index in [0.29, 0.717) is 18.8 Å². The SMILES string of the molecule is CN(CCc1noc(-c2ccccc2F)n1)C(=O)Cc1ccc(F)cc1. The zero-order valence-electron chi connectivity index (χ0n) is 14.2. The Hall–Kier alpha value is -3.09. The topological polar surface area (TPSA) is 59.2 Å². The maximum absolute atomic E-state index is 13.7. The summed E-state index contributed by atoms with van der Waals surface area (Å²) in [5, 5.41) is 3.83. The Labute approximate surface area is 149 Å². The van der Waals surface area contributed by atoms with Crippen LogP contribution in [0.2, 0.25) is 0 Å². The zero-order chi connectivity index (χ0) is 18.5. The Balaban J connectivity index is 1.56. The summed E-state index contributed by atoms with van der Waals surface area (Å²) in [6, 6.07) is 12.0. The van der Waals surface area contributed by atoms with Gasteiger partial charge in [0.2, 0.25) is 5.91 Å². The van der Waals surface area contributed by atoms with Crippen molar-refractivity contribution in [2.75, 3.05) is 13.6 Å². The minimum absolute atomic E-state index is 0.102. The molecule has 0 aliphatic heterocycles. The molecule has 1 aromatic heterocycles. The van der Waals surface area contributed by atoms with Crippen molar-refractivity contribution >= 4 is 5.91 Å². The van der Waals surface area contributed by atoms with E-state index in [1.807, 2.05) is 0 Å². The Morgan fingerprint density at radius 3 is 2.58 bits per heavy atom. The van der Waals surface area contributed by atoms with Gasteiger partial charge in [0.05, 0.1) is 12.0 Å². The third-order valence-electron chi connectivity index (χ3n) is 3.94. The Morgan fingerprint density at radius 1 is 1.12 bits per heavy atom. The number of likely N-dealkylation sites (N-methyl/N-ethyl adjacent to an activating group) is 1. The maximum atomic E-state index is 13.7. The van der Waals surface area contributed by atoms with Gasteiger partial charge in [0, 0.05) is 20.0 Å². The highest BCUT2D eigenvalue weighted by molar-refractivity contribution is 5.78. The fourth-order valence-corrected chi connectivity index (χ4v) is 2.40. The largest absolute Gasteiger partial charge is 0.345 e. The van der Waals surface area contributed by atoms with Crippen LogP contribution in [0.3, 0.4) is 0 Å². The fourth-order valence-electron chi connectivity index (χ4n) is 2.40. The van der Waals surface area contributed by atoms with Gasteiger partial charge in [0.25, 0.3) is 5.89 Å². The standard InChI is InChI=1S/C19H17F2N3O2/c1-24(18(25)12-13-6-8-14(20)9-7-13)11-10-17-22-19(26-23-17)15-4-2-3-5-16(15)21/h2-9H,10-12H2,1H3. The number of carbonyl (C=O) groups is 1.